The Morgan fingerprint density at radius 2 is 2.05 bits per heavy atom. The van der Waals surface area contributed by atoms with Crippen molar-refractivity contribution in [1.82, 2.24) is 9.78 Å². The van der Waals surface area contributed by atoms with Gasteiger partial charge in [-0.1, -0.05) is 15.9 Å². The van der Waals surface area contributed by atoms with Crippen molar-refractivity contribution in [3.05, 3.63) is 46.2 Å². The highest BCUT2D eigenvalue weighted by Gasteiger charge is 2.32. The van der Waals surface area contributed by atoms with E-state index in [4.69, 9.17) is 0 Å². The molecule has 0 aliphatic heterocycles. The second kappa shape index (κ2) is 4.80. The van der Waals surface area contributed by atoms with Gasteiger partial charge in [0.1, 0.15) is 0 Å². The van der Waals surface area contributed by atoms with Crippen LogP contribution in [0.5, 0.6) is 0 Å². The van der Waals surface area contributed by atoms with Crippen molar-refractivity contribution in [2.45, 2.75) is 13.1 Å². The van der Waals surface area contributed by atoms with Crippen molar-refractivity contribution < 1.29 is 18.0 Å². The molecule has 3 nitrogen and oxygen atoms in total. The van der Waals surface area contributed by atoms with E-state index in [0.717, 1.165) is 17.1 Å². The van der Waals surface area contributed by atoms with Gasteiger partial charge < -0.3 is 0 Å². The molecule has 7 heteroatoms. The molecule has 100 valence electrons. The van der Waals surface area contributed by atoms with E-state index in [2.05, 4.69) is 21.0 Å². The summed E-state index contributed by atoms with van der Waals surface area (Å²) in [6, 6.07) is 4.72. The topological polar surface area (TPSA) is 34.9 Å². The summed E-state index contributed by atoms with van der Waals surface area (Å²) in [5, 5.41) is 3.65. The van der Waals surface area contributed by atoms with E-state index >= 15 is 0 Å². The van der Waals surface area contributed by atoms with Crippen molar-refractivity contribution in [3.63, 3.8) is 0 Å². The molecule has 19 heavy (non-hydrogen) atoms. The predicted octanol–water partition coefficient (Wildman–Crippen LogP) is 3.86. The van der Waals surface area contributed by atoms with Crippen LogP contribution in [0.4, 0.5) is 13.2 Å². The van der Waals surface area contributed by atoms with Crippen LogP contribution in [0.3, 0.4) is 0 Å². The lowest BCUT2D eigenvalue weighted by Gasteiger charge is -2.07. The summed E-state index contributed by atoms with van der Waals surface area (Å²) in [6.07, 6.45) is -2.87. The molecular formula is C12H8BrF3N2O. The minimum absolute atomic E-state index is 0.250. The zero-order valence-corrected chi connectivity index (χ0v) is 11.3. The number of hydrogen-bond acceptors (Lipinski definition) is 2. The van der Waals surface area contributed by atoms with Crippen molar-refractivity contribution in [1.29, 1.82) is 0 Å². The molecule has 1 heterocycles. The average molecular weight is 333 g/mol. The molecule has 2 aromatic rings. The largest absolute Gasteiger partial charge is 0.419 e. The van der Waals surface area contributed by atoms with Crippen LogP contribution in [0.2, 0.25) is 0 Å². The molecule has 1 aromatic heterocycles. The molecule has 2 rings (SSSR count). The monoisotopic (exact) mass is 332 g/mol. The smallest absolute Gasteiger partial charge is 0.294 e. The summed E-state index contributed by atoms with van der Waals surface area (Å²) >= 11 is 3.21. The number of halogens is 4. The number of carbonyl (C=O) groups is 1. The Labute approximate surface area is 115 Å². The van der Waals surface area contributed by atoms with Gasteiger partial charge in [0.2, 0.25) is 0 Å². The second-order valence-electron chi connectivity index (χ2n) is 3.89. The number of nitrogens with zero attached hydrogens (tertiary/aromatic N) is 2. The molecule has 0 radical (unpaired) electrons. The lowest BCUT2D eigenvalue weighted by atomic mass is 10.1. The molecule has 0 aliphatic rings. The SMILES string of the molecule is CC(=O)c1cc(Br)ccc1-n1cc(C(F)(F)F)cn1. The van der Waals surface area contributed by atoms with Gasteiger partial charge in [-0.05, 0) is 25.1 Å². The van der Waals surface area contributed by atoms with E-state index in [1.165, 1.54) is 13.0 Å². The Bertz CT molecular complexity index is 634. The third kappa shape index (κ3) is 2.86. The molecule has 0 amide bonds. The highest BCUT2D eigenvalue weighted by atomic mass is 79.9. The summed E-state index contributed by atoms with van der Waals surface area (Å²) in [6.45, 7) is 1.35. The van der Waals surface area contributed by atoms with E-state index in [1.807, 2.05) is 0 Å². The van der Waals surface area contributed by atoms with Gasteiger partial charge in [0.05, 0.1) is 17.4 Å². The van der Waals surface area contributed by atoms with Crippen molar-refractivity contribution in [2.75, 3.05) is 0 Å². The molecule has 0 aliphatic carbocycles. The zero-order chi connectivity index (χ0) is 14.2. The fraction of sp³-hybridized carbons (Fsp3) is 0.167. The second-order valence-corrected chi connectivity index (χ2v) is 4.80. The van der Waals surface area contributed by atoms with E-state index in [0.29, 0.717) is 15.7 Å². The van der Waals surface area contributed by atoms with E-state index in [-0.39, 0.29) is 5.78 Å². The molecule has 0 bridgehead atoms. The standard InChI is InChI=1S/C12H8BrF3N2O/c1-7(19)10-4-9(13)2-3-11(10)18-6-8(5-17-18)12(14,15)16/h2-6H,1H3. The molecule has 0 unspecified atom stereocenters. The molecule has 0 spiro atoms. The lowest BCUT2D eigenvalue weighted by molar-refractivity contribution is -0.137. The Kier molecular flexibility index (Phi) is 3.49. The van der Waals surface area contributed by atoms with E-state index < -0.39 is 11.7 Å². The van der Waals surface area contributed by atoms with Gasteiger partial charge in [0, 0.05) is 16.2 Å². The summed E-state index contributed by atoms with van der Waals surface area (Å²) in [7, 11) is 0. The summed E-state index contributed by atoms with van der Waals surface area (Å²) < 4.78 is 39.3. The van der Waals surface area contributed by atoms with Crippen molar-refractivity contribution in [2.24, 2.45) is 0 Å². The van der Waals surface area contributed by atoms with Crippen LogP contribution in [-0.2, 0) is 6.18 Å². The fourth-order valence-corrected chi connectivity index (χ4v) is 1.95. The average Bonchev–Trinajstić information content (AvgIpc) is 2.77. The Morgan fingerprint density at radius 3 is 2.58 bits per heavy atom. The fourth-order valence-electron chi connectivity index (χ4n) is 1.59. The van der Waals surface area contributed by atoms with Crippen LogP contribution in [0.1, 0.15) is 22.8 Å². The van der Waals surface area contributed by atoms with Crippen LogP contribution in [0, 0.1) is 0 Å². The minimum Gasteiger partial charge on any atom is -0.294 e. The molecule has 0 saturated carbocycles. The zero-order valence-electron chi connectivity index (χ0n) is 9.70. The van der Waals surface area contributed by atoms with Gasteiger partial charge >= 0.3 is 6.18 Å². The molecule has 0 N–H and O–H groups in total. The molecule has 1 aromatic carbocycles. The molecular weight excluding hydrogens is 325 g/mol. The number of hydrogen-bond donors (Lipinski definition) is 0. The Hall–Kier alpha value is -1.63. The van der Waals surface area contributed by atoms with Gasteiger partial charge in [-0.15, -0.1) is 0 Å². The van der Waals surface area contributed by atoms with E-state index in [9.17, 15) is 18.0 Å². The van der Waals surface area contributed by atoms with Crippen LogP contribution >= 0.6 is 15.9 Å². The van der Waals surface area contributed by atoms with Crippen LogP contribution in [-0.4, -0.2) is 15.6 Å². The van der Waals surface area contributed by atoms with Gasteiger partial charge in [0.15, 0.2) is 5.78 Å². The maximum atomic E-state index is 12.5. The lowest BCUT2D eigenvalue weighted by Crippen LogP contribution is -2.05. The van der Waals surface area contributed by atoms with Gasteiger partial charge in [-0.25, -0.2) is 4.68 Å². The van der Waals surface area contributed by atoms with Gasteiger partial charge in [-0.2, -0.15) is 18.3 Å². The first-order valence-electron chi connectivity index (χ1n) is 5.22. The Morgan fingerprint density at radius 1 is 1.37 bits per heavy atom. The first kappa shape index (κ1) is 13.8. The van der Waals surface area contributed by atoms with Gasteiger partial charge in [0.25, 0.3) is 0 Å². The summed E-state index contributed by atoms with van der Waals surface area (Å²) in [5.74, 6) is -0.250. The first-order valence-corrected chi connectivity index (χ1v) is 6.01. The highest BCUT2D eigenvalue weighted by Crippen LogP contribution is 2.30. The number of rotatable bonds is 2. The van der Waals surface area contributed by atoms with E-state index in [1.54, 1.807) is 12.1 Å². The highest BCUT2D eigenvalue weighted by molar-refractivity contribution is 9.10. The normalized spacial score (nSPS) is 11.6. The van der Waals surface area contributed by atoms with Crippen molar-refractivity contribution in [3.8, 4) is 5.69 Å². The predicted molar refractivity (Wildman–Crippen MR) is 66.3 cm³/mol. The third-order valence-corrected chi connectivity index (χ3v) is 2.99. The minimum atomic E-state index is -4.45. The molecule has 0 saturated heterocycles. The maximum Gasteiger partial charge on any atom is 0.419 e. The number of Topliss-reactive ketones (excluding diaryl/α,β-unsaturated/α-hetero) is 1. The van der Waals surface area contributed by atoms with Crippen LogP contribution in [0.15, 0.2) is 35.1 Å². The number of benzene rings is 1. The third-order valence-electron chi connectivity index (χ3n) is 2.49. The van der Waals surface area contributed by atoms with Crippen molar-refractivity contribution >= 4 is 21.7 Å². The van der Waals surface area contributed by atoms with Crippen LogP contribution < -0.4 is 0 Å². The number of ketones is 1. The first-order chi connectivity index (χ1) is 8.79. The maximum absolute atomic E-state index is 12.5. The quantitative estimate of drug-likeness (QED) is 0.783. The van der Waals surface area contributed by atoms with Gasteiger partial charge in [-0.3, -0.25) is 4.79 Å². The number of alkyl halides is 3. The summed E-state index contributed by atoms with van der Waals surface area (Å²) in [5.41, 5.74) is -0.248. The molecule has 0 atom stereocenters. The Balaban J connectivity index is 2.53. The number of carbonyl (C=O) groups excluding carboxylic acids is 1. The molecule has 0 fully saturated rings. The summed E-state index contributed by atoms with van der Waals surface area (Å²) in [4.78, 5) is 11.5. The number of aromatic nitrogens is 2. The van der Waals surface area contributed by atoms with Crippen LogP contribution in [0.25, 0.3) is 5.69 Å².